The fourth-order valence-electron chi connectivity index (χ4n) is 1.04. The molecule has 0 saturated heterocycles. The molecule has 1 amide bonds. The summed E-state index contributed by atoms with van der Waals surface area (Å²) in [6.45, 7) is -1.56. The number of nitrogens with one attached hydrogen (secondary N) is 1. The molecule has 104 valence electrons. The SMILES string of the molecule is O=C(/C=C/c1cccc(Cl)c1Cl)NOCC(F)(F)F. The van der Waals surface area contributed by atoms with Crippen molar-refractivity contribution in [2.45, 2.75) is 6.18 Å². The molecule has 0 aliphatic carbocycles. The highest BCUT2D eigenvalue weighted by Crippen LogP contribution is 2.26. The van der Waals surface area contributed by atoms with Crippen LogP contribution in [0.25, 0.3) is 6.08 Å². The summed E-state index contributed by atoms with van der Waals surface area (Å²) in [7, 11) is 0. The average Bonchev–Trinajstić information content (AvgIpc) is 2.29. The van der Waals surface area contributed by atoms with E-state index in [2.05, 4.69) is 4.84 Å². The molecule has 0 unspecified atom stereocenters. The smallest absolute Gasteiger partial charge is 0.268 e. The lowest BCUT2D eigenvalue weighted by molar-refractivity contribution is -0.190. The predicted molar refractivity (Wildman–Crippen MR) is 65.6 cm³/mol. The lowest BCUT2D eigenvalue weighted by atomic mass is 10.2. The van der Waals surface area contributed by atoms with E-state index in [1.807, 2.05) is 0 Å². The molecule has 0 aromatic heterocycles. The fraction of sp³-hybridized carbons (Fsp3) is 0.182. The number of amides is 1. The highest BCUT2D eigenvalue weighted by atomic mass is 35.5. The van der Waals surface area contributed by atoms with E-state index in [1.165, 1.54) is 6.08 Å². The topological polar surface area (TPSA) is 38.3 Å². The maximum Gasteiger partial charge on any atom is 0.414 e. The van der Waals surface area contributed by atoms with Gasteiger partial charge >= 0.3 is 6.18 Å². The van der Waals surface area contributed by atoms with Crippen molar-refractivity contribution in [3.63, 3.8) is 0 Å². The molecule has 0 heterocycles. The van der Waals surface area contributed by atoms with Crippen LogP contribution in [0.2, 0.25) is 10.0 Å². The van der Waals surface area contributed by atoms with Gasteiger partial charge in [-0.2, -0.15) is 13.2 Å². The van der Waals surface area contributed by atoms with Gasteiger partial charge in [0, 0.05) is 6.08 Å². The third-order valence-corrected chi connectivity index (χ3v) is 2.64. The van der Waals surface area contributed by atoms with E-state index in [4.69, 9.17) is 23.2 Å². The maximum absolute atomic E-state index is 11.7. The van der Waals surface area contributed by atoms with E-state index in [-0.39, 0.29) is 5.02 Å². The second-order valence-electron chi connectivity index (χ2n) is 3.35. The summed E-state index contributed by atoms with van der Waals surface area (Å²) in [5.74, 6) is -0.847. The van der Waals surface area contributed by atoms with Gasteiger partial charge in [0.2, 0.25) is 0 Å². The molecule has 19 heavy (non-hydrogen) atoms. The van der Waals surface area contributed by atoms with Gasteiger partial charge in [-0.3, -0.25) is 9.63 Å². The molecular formula is C11H8Cl2F3NO2. The Labute approximate surface area is 116 Å². The molecule has 1 aromatic carbocycles. The molecule has 0 bridgehead atoms. The average molecular weight is 314 g/mol. The Morgan fingerprint density at radius 1 is 1.37 bits per heavy atom. The zero-order chi connectivity index (χ0) is 14.5. The molecule has 1 rings (SSSR count). The lowest BCUT2D eigenvalue weighted by Crippen LogP contribution is -2.28. The molecule has 0 fully saturated rings. The summed E-state index contributed by atoms with van der Waals surface area (Å²) in [5, 5.41) is 0.543. The first-order valence-corrected chi connectivity index (χ1v) is 5.66. The van der Waals surface area contributed by atoms with Crippen LogP contribution in [-0.2, 0) is 9.63 Å². The molecule has 0 spiro atoms. The summed E-state index contributed by atoms with van der Waals surface area (Å²) in [4.78, 5) is 15.1. The number of hydrogen-bond donors (Lipinski definition) is 1. The first-order chi connectivity index (χ1) is 8.79. The van der Waals surface area contributed by atoms with Gasteiger partial charge in [0.05, 0.1) is 10.0 Å². The lowest BCUT2D eigenvalue weighted by Gasteiger charge is -2.06. The number of hydrogen-bond acceptors (Lipinski definition) is 2. The Morgan fingerprint density at radius 2 is 2.05 bits per heavy atom. The molecule has 1 aromatic rings. The number of hydroxylamine groups is 1. The predicted octanol–water partition coefficient (Wildman–Crippen LogP) is 3.62. The van der Waals surface area contributed by atoms with Crippen LogP contribution in [0, 0.1) is 0 Å². The zero-order valence-electron chi connectivity index (χ0n) is 9.30. The van der Waals surface area contributed by atoms with Crippen LogP contribution in [0.3, 0.4) is 0 Å². The van der Waals surface area contributed by atoms with Crippen molar-refractivity contribution in [1.82, 2.24) is 5.48 Å². The molecular weight excluding hydrogens is 306 g/mol. The molecule has 3 nitrogen and oxygen atoms in total. The number of carbonyl (C=O) groups excluding carboxylic acids is 1. The molecule has 1 N–H and O–H groups in total. The van der Waals surface area contributed by atoms with Crippen LogP contribution in [0.5, 0.6) is 0 Å². The van der Waals surface area contributed by atoms with E-state index in [9.17, 15) is 18.0 Å². The Hall–Kier alpha value is -1.24. The van der Waals surface area contributed by atoms with Crippen LogP contribution < -0.4 is 5.48 Å². The van der Waals surface area contributed by atoms with Crippen molar-refractivity contribution in [2.75, 3.05) is 6.61 Å². The third kappa shape index (κ3) is 5.96. The Balaban J connectivity index is 2.52. The van der Waals surface area contributed by atoms with Crippen LogP contribution in [0.15, 0.2) is 24.3 Å². The van der Waals surface area contributed by atoms with Crippen LogP contribution in [0.4, 0.5) is 13.2 Å². The Bertz CT molecular complexity index is 489. The van der Waals surface area contributed by atoms with Crippen LogP contribution in [-0.4, -0.2) is 18.7 Å². The number of benzene rings is 1. The molecule has 0 aliphatic rings. The minimum Gasteiger partial charge on any atom is -0.268 e. The standard InChI is InChI=1S/C11H8Cl2F3NO2/c12-8-3-1-2-7(10(8)13)4-5-9(18)17-19-6-11(14,15)16/h1-5H,6H2,(H,17,18)/b5-4+. The van der Waals surface area contributed by atoms with Crippen molar-refractivity contribution in [3.8, 4) is 0 Å². The second kappa shape index (κ2) is 6.79. The van der Waals surface area contributed by atoms with Gasteiger partial charge in [-0.05, 0) is 17.7 Å². The van der Waals surface area contributed by atoms with E-state index in [1.54, 1.807) is 23.7 Å². The first-order valence-electron chi connectivity index (χ1n) is 4.90. The summed E-state index contributed by atoms with van der Waals surface area (Å²) in [6, 6.07) is 4.77. The van der Waals surface area contributed by atoms with E-state index < -0.39 is 18.7 Å². The van der Waals surface area contributed by atoms with Gasteiger partial charge in [0.25, 0.3) is 5.91 Å². The summed E-state index contributed by atoms with van der Waals surface area (Å²) >= 11 is 11.6. The fourth-order valence-corrected chi connectivity index (χ4v) is 1.41. The molecule has 0 saturated carbocycles. The number of alkyl halides is 3. The minimum absolute atomic E-state index is 0.240. The van der Waals surface area contributed by atoms with Crippen molar-refractivity contribution in [1.29, 1.82) is 0 Å². The molecule has 0 radical (unpaired) electrons. The maximum atomic E-state index is 11.7. The van der Waals surface area contributed by atoms with Crippen LogP contribution >= 0.6 is 23.2 Å². The highest BCUT2D eigenvalue weighted by Gasteiger charge is 2.28. The Morgan fingerprint density at radius 3 is 2.68 bits per heavy atom. The van der Waals surface area contributed by atoms with Crippen molar-refractivity contribution in [3.05, 3.63) is 39.9 Å². The second-order valence-corrected chi connectivity index (χ2v) is 4.13. The van der Waals surface area contributed by atoms with Gasteiger partial charge in [-0.25, -0.2) is 5.48 Å². The van der Waals surface area contributed by atoms with E-state index >= 15 is 0 Å². The number of carbonyl (C=O) groups is 1. The van der Waals surface area contributed by atoms with E-state index in [0.29, 0.717) is 10.6 Å². The normalized spacial score (nSPS) is 11.8. The molecule has 8 heteroatoms. The van der Waals surface area contributed by atoms with Crippen molar-refractivity contribution < 1.29 is 22.8 Å². The van der Waals surface area contributed by atoms with Crippen molar-refractivity contribution >= 4 is 35.2 Å². The molecule has 0 atom stereocenters. The number of halogens is 5. The monoisotopic (exact) mass is 313 g/mol. The third-order valence-electron chi connectivity index (χ3n) is 1.80. The van der Waals surface area contributed by atoms with Gasteiger partial charge < -0.3 is 0 Å². The van der Waals surface area contributed by atoms with Crippen molar-refractivity contribution in [2.24, 2.45) is 0 Å². The minimum atomic E-state index is -4.51. The summed E-state index contributed by atoms with van der Waals surface area (Å²) < 4.78 is 35.2. The van der Waals surface area contributed by atoms with Gasteiger partial charge in [-0.1, -0.05) is 35.3 Å². The Kier molecular flexibility index (Phi) is 5.65. The zero-order valence-corrected chi connectivity index (χ0v) is 10.8. The van der Waals surface area contributed by atoms with Gasteiger partial charge in [-0.15, -0.1) is 0 Å². The van der Waals surface area contributed by atoms with Crippen LogP contribution in [0.1, 0.15) is 5.56 Å². The summed E-state index contributed by atoms with van der Waals surface area (Å²) in [5.41, 5.74) is 2.08. The molecule has 0 aliphatic heterocycles. The quantitative estimate of drug-likeness (QED) is 0.681. The largest absolute Gasteiger partial charge is 0.414 e. The first kappa shape index (κ1) is 15.8. The van der Waals surface area contributed by atoms with E-state index in [0.717, 1.165) is 6.08 Å². The highest BCUT2D eigenvalue weighted by molar-refractivity contribution is 6.42. The van der Waals surface area contributed by atoms with Gasteiger partial charge in [0.1, 0.15) is 0 Å². The van der Waals surface area contributed by atoms with Gasteiger partial charge in [0.15, 0.2) is 6.61 Å². The number of rotatable bonds is 4. The summed E-state index contributed by atoms with van der Waals surface area (Å²) in [6.07, 6.45) is -2.22.